The molecule has 0 aliphatic carbocycles. The number of rotatable bonds is 16. The maximum atomic E-state index is 13.7. The Morgan fingerprint density at radius 3 is 1.98 bits per heavy atom. The summed E-state index contributed by atoms with van der Waals surface area (Å²) in [7, 11) is 0. The average molecular weight is 646 g/mol. The standard InChI is InChI=1S/C33H51N5O8/c1-20(2)15-24(34-29(40)26(17-22(5)6)36-30(41)44-19-23-13-11-10-12-14-23)27(39)18-38-28(37-46-32(38)43)25(16-21(3)4)35-31(42)45-33(7,8)9/h10-14,20-22,24-26H,15-19H2,1-9H3,(H,34,40)(H,35,42)(H,36,41)/t24-,25-,26-/m0/s1. The Labute approximate surface area is 271 Å². The third-order valence-corrected chi connectivity index (χ3v) is 6.68. The lowest BCUT2D eigenvalue weighted by atomic mass is 9.98. The molecule has 0 unspecified atom stereocenters. The zero-order valence-electron chi connectivity index (χ0n) is 28.5. The number of hydrogen-bond acceptors (Lipinski definition) is 9. The van der Waals surface area contributed by atoms with Gasteiger partial charge in [-0.2, -0.15) is 0 Å². The van der Waals surface area contributed by atoms with Crippen molar-refractivity contribution in [3.63, 3.8) is 0 Å². The van der Waals surface area contributed by atoms with Crippen LogP contribution in [0.25, 0.3) is 0 Å². The lowest BCUT2D eigenvalue weighted by molar-refractivity contribution is -0.129. The Bertz CT molecular complexity index is 1340. The number of Topliss-reactive ketones (excluding diaryl/α,β-unsaturated/α-hetero) is 1. The molecular weight excluding hydrogens is 594 g/mol. The van der Waals surface area contributed by atoms with Crippen molar-refractivity contribution in [1.29, 1.82) is 0 Å². The van der Waals surface area contributed by atoms with Gasteiger partial charge in [0.05, 0.1) is 18.6 Å². The number of hydrogen-bond donors (Lipinski definition) is 3. The second-order valence-electron chi connectivity index (χ2n) is 13.8. The molecule has 2 aromatic rings. The molecule has 1 heterocycles. The summed E-state index contributed by atoms with van der Waals surface area (Å²) in [6, 6.07) is 6.42. The molecule has 0 saturated carbocycles. The number of carbonyl (C=O) groups is 4. The van der Waals surface area contributed by atoms with Gasteiger partial charge in [-0.3, -0.25) is 18.7 Å². The van der Waals surface area contributed by atoms with Gasteiger partial charge in [0.15, 0.2) is 11.6 Å². The Morgan fingerprint density at radius 2 is 1.41 bits per heavy atom. The molecule has 13 heteroatoms. The fourth-order valence-electron chi connectivity index (χ4n) is 4.72. The van der Waals surface area contributed by atoms with Crippen molar-refractivity contribution in [1.82, 2.24) is 25.7 Å². The van der Waals surface area contributed by atoms with Crippen LogP contribution in [0.2, 0.25) is 0 Å². The van der Waals surface area contributed by atoms with E-state index in [0.717, 1.165) is 10.1 Å². The van der Waals surface area contributed by atoms with E-state index in [9.17, 15) is 24.0 Å². The van der Waals surface area contributed by atoms with Gasteiger partial charge in [-0.15, -0.1) is 0 Å². The van der Waals surface area contributed by atoms with E-state index in [2.05, 4.69) is 21.1 Å². The number of nitrogens with one attached hydrogen (secondary N) is 3. The number of aromatic nitrogens is 2. The number of carbonyl (C=O) groups excluding carboxylic acids is 4. The first-order valence-corrected chi connectivity index (χ1v) is 15.8. The second-order valence-corrected chi connectivity index (χ2v) is 13.8. The molecule has 13 nitrogen and oxygen atoms in total. The third kappa shape index (κ3) is 13.5. The average Bonchev–Trinajstić information content (AvgIpc) is 3.29. The van der Waals surface area contributed by atoms with E-state index in [-0.39, 0.29) is 36.6 Å². The highest BCUT2D eigenvalue weighted by Gasteiger charge is 2.31. The Hall–Kier alpha value is -4.16. The first-order valence-electron chi connectivity index (χ1n) is 15.8. The van der Waals surface area contributed by atoms with Crippen LogP contribution in [0, 0.1) is 17.8 Å². The topological polar surface area (TPSA) is 171 Å². The van der Waals surface area contributed by atoms with Crippen LogP contribution < -0.4 is 21.7 Å². The fourth-order valence-corrected chi connectivity index (χ4v) is 4.72. The molecule has 256 valence electrons. The van der Waals surface area contributed by atoms with Gasteiger partial charge >= 0.3 is 17.9 Å². The van der Waals surface area contributed by atoms with Crippen LogP contribution in [-0.2, 0) is 32.2 Å². The highest BCUT2D eigenvalue weighted by Crippen LogP contribution is 2.21. The summed E-state index contributed by atoms with van der Waals surface area (Å²) < 4.78 is 16.7. The van der Waals surface area contributed by atoms with Gasteiger partial charge in [0, 0.05) is 0 Å². The van der Waals surface area contributed by atoms with Crippen molar-refractivity contribution >= 4 is 23.9 Å². The molecule has 0 bridgehead atoms. The Kier molecular flexibility index (Phi) is 14.5. The maximum absolute atomic E-state index is 13.7. The van der Waals surface area contributed by atoms with E-state index in [1.54, 1.807) is 20.8 Å². The zero-order chi connectivity index (χ0) is 34.6. The molecule has 3 N–H and O–H groups in total. The van der Waals surface area contributed by atoms with Crippen LogP contribution in [0.5, 0.6) is 0 Å². The molecule has 3 atom stereocenters. The van der Waals surface area contributed by atoms with Crippen molar-refractivity contribution in [2.75, 3.05) is 0 Å². The van der Waals surface area contributed by atoms with E-state index >= 15 is 0 Å². The number of alkyl carbamates (subject to hydrolysis) is 2. The molecular formula is C33H51N5O8. The van der Waals surface area contributed by atoms with Gasteiger partial charge in [0.2, 0.25) is 5.91 Å². The number of amides is 3. The smallest absolute Gasteiger partial charge is 0.442 e. The fraction of sp³-hybridized carbons (Fsp3) is 0.636. The lowest BCUT2D eigenvalue weighted by Crippen LogP contribution is -2.53. The van der Waals surface area contributed by atoms with Crippen LogP contribution in [0.3, 0.4) is 0 Å². The number of nitrogens with zero attached hydrogens (tertiary/aromatic N) is 2. The van der Waals surface area contributed by atoms with E-state index in [0.29, 0.717) is 12.8 Å². The summed E-state index contributed by atoms with van der Waals surface area (Å²) in [6.07, 6.45) is -0.502. The van der Waals surface area contributed by atoms with Crippen molar-refractivity contribution in [3.8, 4) is 0 Å². The SMILES string of the molecule is CC(C)C[C@H](NC(=O)[C@H](CC(C)C)NC(=O)OCc1ccccc1)C(=O)Cn1c([C@H](CC(C)C)NC(=O)OC(C)(C)C)noc1=O. The minimum Gasteiger partial charge on any atom is -0.445 e. The van der Waals surface area contributed by atoms with Gasteiger partial charge in [-0.05, 0) is 63.4 Å². The van der Waals surface area contributed by atoms with E-state index in [1.165, 1.54) is 0 Å². The van der Waals surface area contributed by atoms with E-state index < -0.39 is 59.9 Å². The van der Waals surface area contributed by atoms with Gasteiger partial charge in [0.1, 0.15) is 18.2 Å². The van der Waals surface area contributed by atoms with E-state index in [1.807, 2.05) is 71.9 Å². The van der Waals surface area contributed by atoms with Crippen molar-refractivity contribution in [2.24, 2.45) is 17.8 Å². The maximum Gasteiger partial charge on any atom is 0.442 e. The van der Waals surface area contributed by atoms with Gasteiger partial charge in [-0.25, -0.2) is 14.4 Å². The molecule has 0 radical (unpaired) electrons. The first kappa shape index (κ1) is 38.0. The normalized spacial score (nSPS) is 13.7. The monoisotopic (exact) mass is 645 g/mol. The lowest BCUT2D eigenvalue weighted by Gasteiger charge is -2.25. The summed E-state index contributed by atoms with van der Waals surface area (Å²) in [5.41, 5.74) is 0.0418. The number of ketones is 1. The summed E-state index contributed by atoms with van der Waals surface area (Å²) in [4.78, 5) is 65.2. The van der Waals surface area contributed by atoms with Crippen LogP contribution in [0.1, 0.15) is 99.0 Å². The minimum absolute atomic E-state index is 0.00258. The Morgan fingerprint density at radius 1 is 0.826 bits per heavy atom. The van der Waals surface area contributed by atoms with Gasteiger partial charge in [-0.1, -0.05) is 77.0 Å². The molecule has 3 amide bonds. The molecule has 0 aliphatic heterocycles. The van der Waals surface area contributed by atoms with Crippen LogP contribution in [-0.4, -0.2) is 51.3 Å². The Balaban J connectivity index is 2.24. The summed E-state index contributed by atoms with van der Waals surface area (Å²) in [5.74, 6) is -1.71. The predicted octanol–water partition coefficient (Wildman–Crippen LogP) is 4.89. The largest absolute Gasteiger partial charge is 0.445 e. The summed E-state index contributed by atoms with van der Waals surface area (Å²) in [5, 5.41) is 12.0. The predicted molar refractivity (Wildman–Crippen MR) is 172 cm³/mol. The third-order valence-electron chi connectivity index (χ3n) is 6.68. The molecule has 0 fully saturated rings. The van der Waals surface area contributed by atoms with Gasteiger partial charge in [0.25, 0.3) is 0 Å². The first-order chi connectivity index (χ1) is 21.4. The van der Waals surface area contributed by atoms with Crippen molar-refractivity contribution in [3.05, 3.63) is 52.3 Å². The van der Waals surface area contributed by atoms with Crippen LogP contribution in [0.15, 0.2) is 39.6 Å². The van der Waals surface area contributed by atoms with Crippen molar-refractivity contribution in [2.45, 2.75) is 118 Å². The van der Waals surface area contributed by atoms with E-state index in [4.69, 9.17) is 14.0 Å². The summed E-state index contributed by atoms with van der Waals surface area (Å²) in [6.45, 7) is 16.3. The highest BCUT2D eigenvalue weighted by molar-refractivity contribution is 5.92. The molecule has 0 saturated heterocycles. The van der Waals surface area contributed by atoms with Gasteiger partial charge < -0.3 is 25.4 Å². The zero-order valence-corrected chi connectivity index (χ0v) is 28.5. The minimum atomic E-state index is -0.985. The molecule has 1 aromatic heterocycles. The molecule has 1 aromatic carbocycles. The van der Waals surface area contributed by atoms with Crippen LogP contribution >= 0.6 is 0 Å². The quantitative estimate of drug-likeness (QED) is 0.230. The summed E-state index contributed by atoms with van der Waals surface area (Å²) >= 11 is 0. The molecule has 2 rings (SSSR count). The second kappa shape index (κ2) is 17.5. The number of benzene rings is 1. The molecule has 0 aliphatic rings. The van der Waals surface area contributed by atoms with Crippen molar-refractivity contribution < 1.29 is 33.2 Å². The molecule has 0 spiro atoms. The highest BCUT2D eigenvalue weighted by atomic mass is 16.6. The molecule has 46 heavy (non-hydrogen) atoms. The van der Waals surface area contributed by atoms with Crippen LogP contribution in [0.4, 0.5) is 9.59 Å². The number of ether oxygens (including phenoxy) is 2.